The first kappa shape index (κ1) is 43.5. The van der Waals surface area contributed by atoms with Crippen molar-refractivity contribution in [3.63, 3.8) is 0 Å². The van der Waals surface area contributed by atoms with E-state index in [0.717, 1.165) is 33.4 Å². The molecule has 16 heteroatoms. The van der Waals surface area contributed by atoms with Gasteiger partial charge in [-0.3, -0.25) is 10.6 Å². The van der Waals surface area contributed by atoms with Gasteiger partial charge in [0.05, 0.1) is 25.7 Å². The first-order chi connectivity index (χ1) is 30.1. The molecule has 1 aliphatic rings. The Labute approximate surface area is 358 Å². The van der Waals surface area contributed by atoms with Crippen molar-refractivity contribution in [2.24, 2.45) is 0 Å². The monoisotopic (exact) mass is 837 g/mol. The Hall–Kier alpha value is -8.06. The van der Waals surface area contributed by atoms with Gasteiger partial charge < -0.3 is 41.4 Å². The third kappa shape index (κ3) is 13.0. The standard InChI is InChI=1S/C46H47N9O7/c1-30-40-27-36(52-42(56)48-23-5-25-61-45(59)54-34-13-9-31(10-14-34)21-22-47)17-19-38(40)39-20-18-37(28-41(30)39)53-43(57)49-24-6-26-62-46(60)55-35-15-11-32(12-16-35)29-50-44(58)51-33-7-3-2-4-8-33/h2-4,7-20,27-28,30H,5-6,21,23-26,29H2,1H3,(H,54,59)(H,55,60)(H2,48,52,56)(H2,49,53,57)(H2,50,51,58). The molecule has 16 nitrogen and oxygen atoms in total. The molecular formula is C46H47N9O7. The predicted octanol–water partition coefficient (Wildman–Crippen LogP) is 8.73. The minimum atomic E-state index is -0.624. The molecule has 6 rings (SSSR count). The highest BCUT2D eigenvalue weighted by Gasteiger charge is 2.26. The van der Waals surface area contributed by atoms with Gasteiger partial charge in [-0.1, -0.05) is 61.5 Å². The van der Waals surface area contributed by atoms with E-state index < -0.39 is 18.2 Å². The van der Waals surface area contributed by atoms with E-state index in [9.17, 15) is 24.0 Å². The molecule has 0 heterocycles. The molecule has 1 unspecified atom stereocenters. The van der Waals surface area contributed by atoms with Crippen LogP contribution in [0.3, 0.4) is 0 Å². The van der Waals surface area contributed by atoms with Crippen LogP contribution in [0, 0.1) is 11.3 Å². The van der Waals surface area contributed by atoms with Crippen LogP contribution in [0.4, 0.5) is 52.4 Å². The number of para-hydroxylation sites is 1. The molecular weight excluding hydrogens is 791 g/mol. The van der Waals surface area contributed by atoms with Gasteiger partial charge in [-0.05, 0) is 107 Å². The average molecular weight is 838 g/mol. The Morgan fingerprint density at radius 1 is 0.532 bits per heavy atom. The Balaban J connectivity index is 0.841. The van der Waals surface area contributed by atoms with Gasteiger partial charge in [0, 0.05) is 54.0 Å². The van der Waals surface area contributed by atoms with Crippen molar-refractivity contribution in [3.05, 3.63) is 138 Å². The summed E-state index contributed by atoms with van der Waals surface area (Å²) in [7, 11) is 0. The van der Waals surface area contributed by atoms with E-state index in [1.807, 2.05) is 54.6 Å². The second kappa shape index (κ2) is 21.8. The summed E-state index contributed by atoms with van der Waals surface area (Å²) in [4.78, 5) is 61.8. The lowest BCUT2D eigenvalue weighted by atomic mass is 9.98. The van der Waals surface area contributed by atoms with E-state index in [4.69, 9.17) is 14.7 Å². The molecule has 0 radical (unpaired) electrons. The van der Waals surface area contributed by atoms with Crippen LogP contribution in [0.15, 0.2) is 115 Å². The Morgan fingerprint density at radius 2 is 0.968 bits per heavy atom. The number of carbonyl (C=O) groups is 5. The molecule has 8 amide bonds. The van der Waals surface area contributed by atoms with Gasteiger partial charge in [-0.25, -0.2) is 24.0 Å². The summed E-state index contributed by atoms with van der Waals surface area (Å²) >= 11 is 0. The molecule has 62 heavy (non-hydrogen) atoms. The van der Waals surface area contributed by atoms with Gasteiger partial charge in [0.2, 0.25) is 0 Å². The van der Waals surface area contributed by atoms with Crippen molar-refractivity contribution < 1.29 is 33.4 Å². The minimum Gasteiger partial charge on any atom is -0.449 e. The lowest BCUT2D eigenvalue weighted by Gasteiger charge is -2.12. The molecule has 1 atom stereocenters. The topological polar surface area (TPSA) is 224 Å². The van der Waals surface area contributed by atoms with Crippen LogP contribution in [0.2, 0.25) is 0 Å². The highest BCUT2D eigenvalue weighted by molar-refractivity contribution is 5.93. The molecule has 0 spiro atoms. The lowest BCUT2D eigenvalue weighted by Crippen LogP contribution is -2.30. The molecule has 318 valence electrons. The van der Waals surface area contributed by atoms with Crippen LogP contribution in [0.5, 0.6) is 0 Å². The summed E-state index contributed by atoms with van der Waals surface area (Å²) in [6.07, 6.45) is -0.125. The van der Waals surface area contributed by atoms with Crippen molar-refractivity contribution in [2.45, 2.75) is 38.6 Å². The summed E-state index contributed by atoms with van der Waals surface area (Å²) in [5, 5.41) is 30.9. The highest BCUT2D eigenvalue weighted by Crippen LogP contribution is 2.46. The number of rotatable bonds is 16. The van der Waals surface area contributed by atoms with Gasteiger partial charge >= 0.3 is 30.3 Å². The van der Waals surface area contributed by atoms with Gasteiger partial charge in [-0.15, -0.1) is 0 Å². The molecule has 0 aromatic heterocycles. The highest BCUT2D eigenvalue weighted by atomic mass is 16.6. The van der Waals surface area contributed by atoms with Gasteiger partial charge in [0.1, 0.15) is 0 Å². The third-order valence-corrected chi connectivity index (χ3v) is 9.69. The van der Waals surface area contributed by atoms with Gasteiger partial charge in [0.15, 0.2) is 0 Å². The number of hydrogen-bond acceptors (Lipinski definition) is 8. The summed E-state index contributed by atoms with van der Waals surface area (Å²) in [5.41, 5.74) is 8.90. The van der Waals surface area contributed by atoms with E-state index >= 15 is 0 Å². The summed E-state index contributed by atoms with van der Waals surface area (Å²) in [6, 6.07) is 35.5. The average Bonchev–Trinajstić information content (AvgIpc) is 3.53. The van der Waals surface area contributed by atoms with Crippen molar-refractivity contribution in [1.82, 2.24) is 16.0 Å². The number of ether oxygens (including phenoxy) is 2. The summed E-state index contributed by atoms with van der Waals surface area (Å²) in [5.74, 6) is 0.00466. The van der Waals surface area contributed by atoms with E-state index in [1.54, 1.807) is 60.7 Å². The number of nitrogens with zero attached hydrogens (tertiary/aromatic N) is 1. The number of fused-ring (bicyclic) bond motifs is 3. The fraction of sp³-hybridized carbons (Fsp3) is 0.217. The Bertz CT molecular complexity index is 2400. The maximum atomic E-state index is 12.7. The van der Waals surface area contributed by atoms with Crippen LogP contribution < -0.4 is 42.5 Å². The zero-order valence-electron chi connectivity index (χ0n) is 34.0. The maximum absolute atomic E-state index is 12.7. The number of hydrogen-bond donors (Lipinski definition) is 8. The number of anilines is 5. The third-order valence-electron chi connectivity index (χ3n) is 9.69. The normalized spacial score (nSPS) is 12.0. The zero-order valence-corrected chi connectivity index (χ0v) is 34.0. The van der Waals surface area contributed by atoms with Crippen LogP contribution in [0.1, 0.15) is 47.9 Å². The lowest BCUT2D eigenvalue weighted by molar-refractivity contribution is 0.159. The Morgan fingerprint density at radius 3 is 1.47 bits per heavy atom. The van der Waals surface area contributed by atoms with Crippen LogP contribution in [-0.2, 0) is 22.4 Å². The van der Waals surface area contributed by atoms with E-state index in [-0.39, 0.29) is 37.7 Å². The summed E-state index contributed by atoms with van der Waals surface area (Å²) in [6.45, 7) is 3.15. The van der Waals surface area contributed by atoms with Crippen LogP contribution >= 0.6 is 0 Å². The zero-order chi connectivity index (χ0) is 43.7. The Kier molecular flexibility index (Phi) is 15.3. The number of nitriles is 1. The second-order valence-corrected chi connectivity index (χ2v) is 14.2. The predicted molar refractivity (Wildman–Crippen MR) is 237 cm³/mol. The molecule has 5 aromatic carbocycles. The smallest absolute Gasteiger partial charge is 0.411 e. The van der Waals surface area contributed by atoms with E-state index in [0.29, 0.717) is 60.8 Å². The second-order valence-electron chi connectivity index (χ2n) is 14.2. The van der Waals surface area contributed by atoms with Crippen molar-refractivity contribution in [3.8, 4) is 17.2 Å². The van der Waals surface area contributed by atoms with Crippen LogP contribution in [-0.4, -0.2) is 56.6 Å². The summed E-state index contributed by atoms with van der Waals surface area (Å²) < 4.78 is 10.4. The van der Waals surface area contributed by atoms with E-state index in [2.05, 4.69) is 55.5 Å². The number of amides is 8. The van der Waals surface area contributed by atoms with Crippen molar-refractivity contribution in [1.29, 1.82) is 5.26 Å². The number of urea groups is 3. The molecule has 0 saturated carbocycles. The van der Waals surface area contributed by atoms with Crippen LogP contribution in [0.25, 0.3) is 11.1 Å². The molecule has 0 bridgehead atoms. The molecule has 8 N–H and O–H groups in total. The molecule has 0 saturated heterocycles. The largest absolute Gasteiger partial charge is 0.449 e. The molecule has 1 aliphatic carbocycles. The first-order valence-electron chi connectivity index (χ1n) is 20.0. The van der Waals surface area contributed by atoms with Gasteiger partial charge in [-0.2, -0.15) is 5.26 Å². The van der Waals surface area contributed by atoms with Crippen molar-refractivity contribution in [2.75, 3.05) is 52.9 Å². The molecule has 5 aromatic rings. The fourth-order valence-electron chi connectivity index (χ4n) is 6.57. The molecule has 0 fully saturated rings. The number of carbonyl (C=O) groups excluding carboxylic acids is 5. The van der Waals surface area contributed by atoms with E-state index in [1.165, 1.54) is 0 Å². The number of nitrogens with one attached hydrogen (secondary N) is 8. The SMILES string of the molecule is CC1c2cc(NC(=O)NCCCOC(=O)Nc3ccc(CC#N)cc3)ccc2-c2ccc(NC(=O)NCCCOC(=O)Nc3ccc(CNC(=O)Nc4ccccc4)cc3)cc21. The molecule has 0 aliphatic heterocycles. The van der Waals surface area contributed by atoms with Gasteiger partial charge in [0.25, 0.3) is 0 Å². The first-order valence-corrected chi connectivity index (χ1v) is 20.0. The maximum Gasteiger partial charge on any atom is 0.411 e. The minimum absolute atomic E-state index is 0.00466. The quantitative estimate of drug-likeness (QED) is 0.0448. The fourth-order valence-corrected chi connectivity index (χ4v) is 6.57. The number of benzene rings is 5. The van der Waals surface area contributed by atoms with Crippen molar-refractivity contribution >= 4 is 58.7 Å².